The Kier molecular flexibility index (Phi) is 4.85. The van der Waals surface area contributed by atoms with Crippen molar-refractivity contribution >= 4 is 23.3 Å². The van der Waals surface area contributed by atoms with Crippen molar-refractivity contribution in [3.8, 4) is 11.4 Å². The number of ether oxygens (including phenoxy) is 1. The second-order valence-electron chi connectivity index (χ2n) is 6.45. The molecule has 0 bridgehead atoms. The zero-order chi connectivity index (χ0) is 19.5. The molecular weight excluding hydrogens is 352 g/mol. The summed E-state index contributed by atoms with van der Waals surface area (Å²) in [5.74, 6) is 0.873. The van der Waals surface area contributed by atoms with Gasteiger partial charge in [0.1, 0.15) is 11.3 Å². The molecule has 4 rings (SSSR count). The van der Waals surface area contributed by atoms with E-state index in [2.05, 4.69) is 52.1 Å². The molecule has 0 saturated carbocycles. The number of hydrogen-bond donors (Lipinski definition) is 1. The van der Waals surface area contributed by atoms with Gasteiger partial charge in [-0.05, 0) is 63.2 Å². The molecule has 4 aromatic rings. The number of anilines is 1. The van der Waals surface area contributed by atoms with E-state index in [1.807, 2.05) is 43.3 Å². The van der Waals surface area contributed by atoms with Crippen LogP contribution in [0.25, 0.3) is 16.8 Å². The molecule has 2 aromatic carbocycles. The quantitative estimate of drug-likeness (QED) is 0.378. The van der Waals surface area contributed by atoms with Gasteiger partial charge in [-0.25, -0.2) is 5.43 Å². The molecule has 0 aliphatic heterocycles. The maximum absolute atomic E-state index is 5.61. The standard InChI is InChI=1S/C22H22N4O2/c1-4-27-19-11-9-18(10-12-19)26-15(2)13-17(16(26)3)14-23-25-22-24-20-7-5-6-8-21(20)28-22/h5-14H,4H2,1-3H3,(H,24,25). The van der Waals surface area contributed by atoms with E-state index in [1.165, 1.54) is 0 Å². The van der Waals surface area contributed by atoms with Crippen LogP contribution < -0.4 is 10.2 Å². The van der Waals surface area contributed by atoms with Crippen molar-refractivity contribution in [3.63, 3.8) is 0 Å². The van der Waals surface area contributed by atoms with Crippen LogP contribution in [0.2, 0.25) is 0 Å². The highest BCUT2D eigenvalue weighted by Gasteiger charge is 2.10. The number of aryl methyl sites for hydroxylation is 1. The van der Waals surface area contributed by atoms with Gasteiger partial charge in [0.2, 0.25) is 0 Å². The van der Waals surface area contributed by atoms with Crippen molar-refractivity contribution in [1.82, 2.24) is 9.55 Å². The summed E-state index contributed by atoms with van der Waals surface area (Å²) in [6, 6.07) is 18.2. The van der Waals surface area contributed by atoms with Crippen LogP contribution in [0.4, 0.5) is 6.01 Å². The number of nitrogens with zero attached hydrogens (tertiary/aromatic N) is 3. The van der Waals surface area contributed by atoms with Gasteiger partial charge in [0.25, 0.3) is 0 Å². The van der Waals surface area contributed by atoms with Gasteiger partial charge in [-0.1, -0.05) is 12.1 Å². The summed E-state index contributed by atoms with van der Waals surface area (Å²) in [5, 5.41) is 4.29. The molecule has 6 heteroatoms. The Labute approximate surface area is 163 Å². The van der Waals surface area contributed by atoms with Crippen LogP contribution in [0.1, 0.15) is 23.9 Å². The summed E-state index contributed by atoms with van der Waals surface area (Å²) in [6.45, 7) is 6.79. The first-order chi connectivity index (χ1) is 13.7. The third kappa shape index (κ3) is 3.49. The lowest BCUT2D eigenvalue weighted by atomic mass is 10.2. The first kappa shape index (κ1) is 17.9. The van der Waals surface area contributed by atoms with Gasteiger partial charge < -0.3 is 13.7 Å². The van der Waals surface area contributed by atoms with E-state index in [1.54, 1.807) is 6.21 Å². The highest BCUT2D eigenvalue weighted by Crippen LogP contribution is 2.22. The average Bonchev–Trinajstić information content (AvgIpc) is 3.23. The molecule has 0 fully saturated rings. The number of para-hydroxylation sites is 2. The van der Waals surface area contributed by atoms with Gasteiger partial charge >= 0.3 is 6.01 Å². The smallest absolute Gasteiger partial charge is 0.316 e. The van der Waals surface area contributed by atoms with Gasteiger partial charge in [-0.15, -0.1) is 0 Å². The molecular formula is C22H22N4O2. The lowest BCUT2D eigenvalue weighted by Gasteiger charge is -2.10. The molecule has 0 spiro atoms. The summed E-state index contributed by atoms with van der Waals surface area (Å²) in [7, 11) is 0. The molecule has 0 radical (unpaired) electrons. The van der Waals surface area contributed by atoms with E-state index in [-0.39, 0.29) is 0 Å². The van der Waals surface area contributed by atoms with Crippen LogP contribution in [0, 0.1) is 13.8 Å². The Morgan fingerprint density at radius 3 is 2.68 bits per heavy atom. The summed E-state index contributed by atoms with van der Waals surface area (Å²) >= 11 is 0. The summed E-state index contributed by atoms with van der Waals surface area (Å²) in [5.41, 5.74) is 8.74. The minimum Gasteiger partial charge on any atom is -0.494 e. The van der Waals surface area contributed by atoms with E-state index in [9.17, 15) is 0 Å². The topological polar surface area (TPSA) is 64.6 Å². The molecule has 0 saturated heterocycles. The predicted octanol–water partition coefficient (Wildman–Crippen LogP) is 5.08. The van der Waals surface area contributed by atoms with Gasteiger partial charge in [0, 0.05) is 22.6 Å². The van der Waals surface area contributed by atoms with Crippen molar-refractivity contribution in [2.75, 3.05) is 12.0 Å². The van der Waals surface area contributed by atoms with Crippen molar-refractivity contribution in [3.05, 3.63) is 71.5 Å². The molecule has 0 aliphatic rings. The highest BCUT2D eigenvalue weighted by molar-refractivity contribution is 5.83. The lowest BCUT2D eigenvalue weighted by Crippen LogP contribution is -2.00. The molecule has 6 nitrogen and oxygen atoms in total. The van der Waals surface area contributed by atoms with Gasteiger partial charge in [0.15, 0.2) is 5.58 Å². The summed E-state index contributed by atoms with van der Waals surface area (Å²) in [6.07, 6.45) is 1.78. The molecule has 28 heavy (non-hydrogen) atoms. The zero-order valence-electron chi connectivity index (χ0n) is 16.1. The molecule has 1 N–H and O–H groups in total. The minimum atomic E-state index is 0.373. The van der Waals surface area contributed by atoms with Gasteiger partial charge in [-0.3, -0.25) is 0 Å². The molecule has 2 aromatic heterocycles. The van der Waals surface area contributed by atoms with Crippen molar-refractivity contribution in [2.24, 2.45) is 5.10 Å². The third-order valence-corrected chi connectivity index (χ3v) is 4.53. The minimum absolute atomic E-state index is 0.373. The maximum atomic E-state index is 5.61. The average molecular weight is 374 g/mol. The number of oxazole rings is 1. The Bertz CT molecular complexity index is 1090. The molecule has 0 amide bonds. The van der Waals surface area contributed by atoms with E-state index in [0.29, 0.717) is 12.6 Å². The summed E-state index contributed by atoms with van der Waals surface area (Å²) in [4.78, 5) is 4.35. The molecule has 0 unspecified atom stereocenters. The number of hydrogen-bond acceptors (Lipinski definition) is 5. The van der Waals surface area contributed by atoms with E-state index in [0.717, 1.165) is 39.5 Å². The van der Waals surface area contributed by atoms with Crippen LogP contribution in [-0.4, -0.2) is 22.4 Å². The number of benzene rings is 2. The Hall–Kier alpha value is -3.54. The second-order valence-corrected chi connectivity index (χ2v) is 6.45. The molecule has 142 valence electrons. The second kappa shape index (κ2) is 7.60. The van der Waals surface area contributed by atoms with Crippen molar-refractivity contribution in [2.45, 2.75) is 20.8 Å². The van der Waals surface area contributed by atoms with Crippen molar-refractivity contribution in [1.29, 1.82) is 0 Å². The van der Waals surface area contributed by atoms with Crippen LogP contribution in [-0.2, 0) is 0 Å². The molecule has 0 atom stereocenters. The first-order valence-electron chi connectivity index (χ1n) is 9.22. The van der Waals surface area contributed by atoms with Crippen LogP contribution in [0.15, 0.2) is 64.1 Å². The van der Waals surface area contributed by atoms with E-state index >= 15 is 0 Å². The first-order valence-corrected chi connectivity index (χ1v) is 9.22. The fourth-order valence-electron chi connectivity index (χ4n) is 3.25. The van der Waals surface area contributed by atoms with Crippen LogP contribution in [0.5, 0.6) is 5.75 Å². The number of aromatic nitrogens is 2. The lowest BCUT2D eigenvalue weighted by molar-refractivity contribution is 0.340. The van der Waals surface area contributed by atoms with E-state index < -0.39 is 0 Å². The third-order valence-electron chi connectivity index (χ3n) is 4.53. The highest BCUT2D eigenvalue weighted by atomic mass is 16.5. The normalized spacial score (nSPS) is 11.4. The zero-order valence-corrected chi connectivity index (χ0v) is 16.1. The number of hydrazone groups is 1. The van der Waals surface area contributed by atoms with Crippen molar-refractivity contribution < 1.29 is 9.15 Å². The van der Waals surface area contributed by atoms with Crippen LogP contribution >= 0.6 is 0 Å². The summed E-state index contributed by atoms with van der Waals surface area (Å²) < 4.78 is 13.3. The van der Waals surface area contributed by atoms with Crippen LogP contribution in [0.3, 0.4) is 0 Å². The number of fused-ring (bicyclic) bond motifs is 1. The monoisotopic (exact) mass is 374 g/mol. The Morgan fingerprint density at radius 1 is 1.14 bits per heavy atom. The maximum Gasteiger partial charge on any atom is 0.316 e. The fraction of sp³-hybridized carbons (Fsp3) is 0.182. The SMILES string of the molecule is CCOc1ccc(-n2c(C)cc(C=NNc3nc4ccccc4o3)c2C)cc1. The van der Waals surface area contributed by atoms with Gasteiger partial charge in [-0.2, -0.15) is 10.1 Å². The Balaban J connectivity index is 1.54. The molecule has 0 aliphatic carbocycles. The molecule has 2 heterocycles. The predicted molar refractivity (Wildman–Crippen MR) is 112 cm³/mol. The largest absolute Gasteiger partial charge is 0.494 e. The number of rotatable bonds is 6. The number of nitrogens with one attached hydrogen (secondary N) is 1. The van der Waals surface area contributed by atoms with E-state index in [4.69, 9.17) is 9.15 Å². The fourth-order valence-corrected chi connectivity index (χ4v) is 3.25. The Morgan fingerprint density at radius 2 is 1.93 bits per heavy atom. The van der Waals surface area contributed by atoms with Gasteiger partial charge in [0.05, 0.1) is 12.8 Å².